The molecule has 0 amide bonds. The van der Waals surface area contributed by atoms with Crippen molar-refractivity contribution in [2.24, 2.45) is 23.7 Å². The SMILES string of the molecule is C[C@@H]1CC[C@H]2[C@@H](C)[C@](OCCCCCO)(C(F)(F)F)O[C@@H]3O[C@]4(C)CCC1[C@]32OO4. The second kappa shape index (κ2) is 7.85. The third-order valence-electron chi connectivity index (χ3n) is 7.77. The van der Waals surface area contributed by atoms with Gasteiger partial charge in [-0.3, -0.25) is 0 Å². The van der Waals surface area contributed by atoms with Gasteiger partial charge in [-0.05, 0) is 57.3 Å². The van der Waals surface area contributed by atoms with Crippen molar-refractivity contribution in [2.45, 2.75) is 95.4 Å². The number of rotatable bonds is 6. The summed E-state index contributed by atoms with van der Waals surface area (Å²) in [6.45, 7) is 5.25. The molecule has 1 saturated carbocycles. The molecule has 6 nitrogen and oxygen atoms in total. The maximum Gasteiger partial charge on any atom is 0.443 e. The fraction of sp³-hybridized carbons (Fsp3) is 1.00. The Labute approximate surface area is 175 Å². The number of unbranched alkanes of at least 4 members (excludes halogenated alkanes) is 2. The van der Waals surface area contributed by atoms with E-state index in [0.717, 1.165) is 12.8 Å². The van der Waals surface area contributed by atoms with Crippen molar-refractivity contribution in [3.63, 3.8) is 0 Å². The summed E-state index contributed by atoms with van der Waals surface area (Å²) in [5, 5.41) is 8.91. The third-order valence-corrected chi connectivity index (χ3v) is 7.77. The van der Waals surface area contributed by atoms with Crippen LogP contribution in [0.25, 0.3) is 0 Å². The zero-order valence-corrected chi connectivity index (χ0v) is 17.9. The molecule has 0 radical (unpaired) electrons. The van der Waals surface area contributed by atoms with Gasteiger partial charge in [0.25, 0.3) is 5.79 Å². The first-order chi connectivity index (χ1) is 14.1. The summed E-state index contributed by atoms with van der Waals surface area (Å²) in [4.78, 5) is 11.6. The largest absolute Gasteiger partial charge is 0.443 e. The zero-order valence-electron chi connectivity index (χ0n) is 17.9. The Bertz CT molecular complexity index is 632. The maximum absolute atomic E-state index is 14.5. The predicted molar refractivity (Wildman–Crippen MR) is 98.7 cm³/mol. The molecule has 9 heteroatoms. The quantitative estimate of drug-likeness (QED) is 0.493. The number of aliphatic hydroxyl groups excluding tert-OH is 1. The molecular formula is C21H33F3O6. The van der Waals surface area contributed by atoms with Gasteiger partial charge in [0, 0.05) is 24.9 Å². The molecule has 5 aliphatic rings. The van der Waals surface area contributed by atoms with Crippen LogP contribution in [0.1, 0.15) is 65.7 Å². The normalized spacial score (nSPS) is 48.3. The lowest BCUT2D eigenvalue weighted by molar-refractivity contribution is -0.598. The van der Waals surface area contributed by atoms with Crippen molar-refractivity contribution < 1.29 is 42.3 Å². The maximum atomic E-state index is 14.5. The molecule has 0 aromatic rings. The van der Waals surface area contributed by atoms with Crippen molar-refractivity contribution >= 4 is 0 Å². The third kappa shape index (κ3) is 3.31. The standard InChI is InChI=1S/C21H33F3O6/c1-13-7-8-16-14(2)20(21(22,23)24,26-12-6-4-5-11-25)28-17-19(16)15(13)9-10-18(3,27-17)29-30-19/h13-17,25H,4-12H2,1-3H3/t13-,14-,15?,16+,17+,18+,19-,20-/m1/s1. The molecule has 1 spiro atoms. The van der Waals surface area contributed by atoms with Gasteiger partial charge < -0.3 is 19.3 Å². The van der Waals surface area contributed by atoms with Crippen molar-refractivity contribution in [3.05, 3.63) is 0 Å². The van der Waals surface area contributed by atoms with Gasteiger partial charge in [-0.1, -0.05) is 13.8 Å². The highest BCUT2D eigenvalue weighted by Gasteiger charge is 2.77. The van der Waals surface area contributed by atoms with Crippen LogP contribution >= 0.6 is 0 Å². The summed E-state index contributed by atoms with van der Waals surface area (Å²) in [5.41, 5.74) is -1.07. The van der Waals surface area contributed by atoms with Crippen LogP contribution in [0.5, 0.6) is 0 Å². The molecule has 0 aromatic heterocycles. The number of fused-ring (bicyclic) bond motifs is 2. The minimum atomic E-state index is -4.74. The molecular weight excluding hydrogens is 405 g/mol. The molecule has 5 rings (SSSR count). The summed E-state index contributed by atoms with van der Waals surface area (Å²) >= 11 is 0. The molecule has 8 atom stereocenters. The molecule has 30 heavy (non-hydrogen) atoms. The van der Waals surface area contributed by atoms with E-state index in [1.807, 2.05) is 0 Å². The van der Waals surface area contributed by atoms with Crippen LogP contribution < -0.4 is 0 Å². The molecule has 1 N–H and O–H groups in total. The summed E-state index contributed by atoms with van der Waals surface area (Å²) in [5.74, 6) is -5.11. The van der Waals surface area contributed by atoms with Gasteiger partial charge in [-0.15, -0.1) is 0 Å². The average Bonchev–Trinajstić information content (AvgIpc) is 2.90. The van der Waals surface area contributed by atoms with Gasteiger partial charge >= 0.3 is 6.18 Å². The lowest BCUT2D eigenvalue weighted by Gasteiger charge is -2.62. The van der Waals surface area contributed by atoms with Crippen LogP contribution in [0.2, 0.25) is 0 Å². The van der Waals surface area contributed by atoms with Crippen molar-refractivity contribution in [2.75, 3.05) is 13.2 Å². The van der Waals surface area contributed by atoms with Crippen LogP contribution in [0.15, 0.2) is 0 Å². The molecule has 1 unspecified atom stereocenters. The second-order valence-corrected chi connectivity index (χ2v) is 9.61. The topological polar surface area (TPSA) is 66.4 Å². The molecule has 4 saturated heterocycles. The van der Waals surface area contributed by atoms with E-state index in [1.165, 1.54) is 0 Å². The van der Waals surface area contributed by atoms with E-state index in [1.54, 1.807) is 13.8 Å². The number of alkyl halides is 3. The van der Waals surface area contributed by atoms with Gasteiger partial charge in [-0.25, -0.2) is 9.78 Å². The van der Waals surface area contributed by atoms with Crippen molar-refractivity contribution in [3.8, 4) is 0 Å². The van der Waals surface area contributed by atoms with Crippen molar-refractivity contribution in [1.29, 1.82) is 0 Å². The summed E-state index contributed by atoms with van der Waals surface area (Å²) in [6, 6.07) is 0. The number of hydrogen-bond donors (Lipinski definition) is 1. The highest BCUT2D eigenvalue weighted by atomic mass is 19.4. The van der Waals surface area contributed by atoms with E-state index in [0.29, 0.717) is 32.1 Å². The first-order valence-corrected chi connectivity index (χ1v) is 11.1. The number of ether oxygens (including phenoxy) is 3. The van der Waals surface area contributed by atoms with E-state index in [2.05, 4.69) is 6.92 Å². The Balaban J connectivity index is 1.69. The first kappa shape index (κ1) is 22.7. The highest BCUT2D eigenvalue weighted by Crippen LogP contribution is 2.64. The highest BCUT2D eigenvalue weighted by molar-refractivity contribution is 5.12. The first-order valence-electron chi connectivity index (χ1n) is 11.1. The lowest BCUT2D eigenvalue weighted by atomic mass is 9.57. The molecule has 1 aliphatic carbocycles. The summed E-state index contributed by atoms with van der Waals surface area (Å²) in [7, 11) is 0. The van der Waals surface area contributed by atoms with Gasteiger partial charge in [0.1, 0.15) is 0 Å². The zero-order chi connectivity index (χ0) is 21.8. The van der Waals surface area contributed by atoms with Gasteiger partial charge in [0.2, 0.25) is 5.79 Å². The van der Waals surface area contributed by atoms with E-state index in [-0.39, 0.29) is 25.0 Å². The van der Waals surface area contributed by atoms with Crippen LogP contribution in [0.3, 0.4) is 0 Å². The average molecular weight is 438 g/mol. The van der Waals surface area contributed by atoms with Gasteiger partial charge in [-0.2, -0.15) is 13.2 Å². The van der Waals surface area contributed by atoms with E-state index >= 15 is 0 Å². The summed E-state index contributed by atoms with van der Waals surface area (Å²) in [6.07, 6.45) is -1.76. The fourth-order valence-electron chi connectivity index (χ4n) is 6.10. The monoisotopic (exact) mass is 438 g/mol. The second-order valence-electron chi connectivity index (χ2n) is 9.61. The lowest BCUT2D eigenvalue weighted by Crippen LogP contribution is -2.76. The van der Waals surface area contributed by atoms with Crippen LogP contribution in [0, 0.1) is 23.7 Å². The molecule has 2 bridgehead atoms. The Morgan fingerprint density at radius 2 is 1.77 bits per heavy atom. The van der Waals surface area contributed by atoms with E-state index in [4.69, 9.17) is 29.1 Å². The van der Waals surface area contributed by atoms with Gasteiger partial charge in [0.15, 0.2) is 11.9 Å². The fourth-order valence-corrected chi connectivity index (χ4v) is 6.10. The minimum Gasteiger partial charge on any atom is -0.396 e. The van der Waals surface area contributed by atoms with Crippen LogP contribution in [0.4, 0.5) is 13.2 Å². The Morgan fingerprint density at radius 3 is 2.47 bits per heavy atom. The van der Waals surface area contributed by atoms with Gasteiger partial charge in [0.05, 0.1) is 6.61 Å². The molecule has 5 fully saturated rings. The Kier molecular flexibility index (Phi) is 5.95. The summed E-state index contributed by atoms with van der Waals surface area (Å²) < 4.78 is 60.9. The Hall–Kier alpha value is -0.450. The molecule has 4 heterocycles. The van der Waals surface area contributed by atoms with Crippen LogP contribution in [-0.4, -0.2) is 48.0 Å². The predicted octanol–water partition coefficient (Wildman–Crippen LogP) is 4.31. The molecule has 4 aliphatic heterocycles. The molecule has 0 aromatic carbocycles. The Morgan fingerprint density at radius 1 is 1.00 bits per heavy atom. The van der Waals surface area contributed by atoms with Crippen molar-refractivity contribution in [1.82, 2.24) is 0 Å². The smallest absolute Gasteiger partial charge is 0.396 e. The van der Waals surface area contributed by atoms with E-state index in [9.17, 15) is 13.2 Å². The van der Waals surface area contributed by atoms with Crippen LogP contribution in [-0.2, 0) is 24.0 Å². The molecule has 174 valence electrons. The number of aliphatic hydroxyl groups is 1. The minimum absolute atomic E-state index is 0.00726. The number of hydrogen-bond acceptors (Lipinski definition) is 6. The van der Waals surface area contributed by atoms with E-state index < -0.39 is 41.5 Å². The number of halogens is 3.